The van der Waals surface area contributed by atoms with Crippen molar-refractivity contribution in [2.75, 3.05) is 7.11 Å². The van der Waals surface area contributed by atoms with Gasteiger partial charge in [-0.1, -0.05) is 12.1 Å². The van der Waals surface area contributed by atoms with E-state index in [-0.39, 0.29) is 5.43 Å². The molecule has 0 unspecified atom stereocenters. The third-order valence-electron chi connectivity index (χ3n) is 3.56. The Kier molecular flexibility index (Phi) is 2.94. The van der Waals surface area contributed by atoms with E-state index in [4.69, 9.17) is 4.74 Å². The van der Waals surface area contributed by atoms with E-state index in [2.05, 4.69) is 9.97 Å². The van der Waals surface area contributed by atoms with E-state index >= 15 is 0 Å². The van der Waals surface area contributed by atoms with Crippen molar-refractivity contribution < 1.29 is 4.74 Å². The van der Waals surface area contributed by atoms with Crippen molar-refractivity contribution in [3.63, 3.8) is 0 Å². The minimum atomic E-state index is -0.00754. The fraction of sp³-hybridized carbons (Fsp3) is 0.0588. The summed E-state index contributed by atoms with van der Waals surface area (Å²) in [6.45, 7) is 0. The summed E-state index contributed by atoms with van der Waals surface area (Å²) in [5, 5.41) is 0.700. The summed E-state index contributed by atoms with van der Waals surface area (Å²) in [5.74, 6) is 1.46. The highest BCUT2D eigenvalue weighted by molar-refractivity contribution is 7.21. The van der Waals surface area contributed by atoms with Gasteiger partial charge < -0.3 is 9.72 Å². The van der Waals surface area contributed by atoms with E-state index in [1.54, 1.807) is 25.3 Å². The maximum atomic E-state index is 12.3. The lowest BCUT2D eigenvalue weighted by atomic mass is 10.2. The van der Waals surface area contributed by atoms with Crippen LogP contribution in [0.5, 0.6) is 5.75 Å². The molecule has 1 N–H and O–H groups in total. The first-order valence-corrected chi connectivity index (χ1v) is 7.63. The molecule has 0 bridgehead atoms. The zero-order valence-corrected chi connectivity index (χ0v) is 12.6. The molecule has 0 spiro atoms. The number of ether oxygens (including phenoxy) is 1. The van der Waals surface area contributed by atoms with Gasteiger partial charge in [0.15, 0.2) is 5.43 Å². The number of methoxy groups -OCH3 is 1. The topological polar surface area (TPSA) is 55.0 Å². The number of nitrogens with zero attached hydrogens (tertiary/aromatic N) is 1. The Morgan fingerprint density at radius 2 is 2.00 bits per heavy atom. The molecule has 4 nitrogen and oxygen atoms in total. The van der Waals surface area contributed by atoms with Gasteiger partial charge in [-0.15, -0.1) is 11.3 Å². The van der Waals surface area contributed by atoms with Gasteiger partial charge in [-0.25, -0.2) is 4.98 Å². The molecule has 0 aliphatic carbocycles. The zero-order chi connectivity index (χ0) is 15.1. The summed E-state index contributed by atoms with van der Waals surface area (Å²) in [4.78, 5) is 21.0. The summed E-state index contributed by atoms with van der Waals surface area (Å²) < 4.78 is 6.13. The highest BCUT2D eigenvalue weighted by Gasteiger charge is 2.10. The van der Waals surface area contributed by atoms with Crippen LogP contribution in [0.15, 0.2) is 53.3 Å². The predicted octanol–water partition coefficient (Wildman–Crippen LogP) is 3.81. The lowest BCUT2D eigenvalue weighted by Crippen LogP contribution is -1.99. The molecule has 0 amide bonds. The number of imidazole rings is 1. The van der Waals surface area contributed by atoms with Crippen molar-refractivity contribution in [2.24, 2.45) is 0 Å². The second-order valence-electron chi connectivity index (χ2n) is 4.94. The first-order chi connectivity index (χ1) is 10.7. The second-order valence-corrected chi connectivity index (χ2v) is 6.02. The Labute approximate surface area is 130 Å². The molecule has 2 aromatic carbocycles. The minimum Gasteiger partial charge on any atom is -0.497 e. The van der Waals surface area contributed by atoms with Crippen LogP contribution >= 0.6 is 11.3 Å². The highest BCUT2D eigenvalue weighted by atomic mass is 32.1. The van der Waals surface area contributed by atoms with Crippen molar-refractivity contribution in [3.05, 3.63) is 58.8 Å². The summed E-state index contributed by atoms with van der Waals surface area (Å²) in [7, 11) is 1.62. The number of H-pyrrole nitrogens is 1. The molecule has 0 saturated carbocycles. The summed E-state index contributed by atoms with van der Waals surface area (Å²) in [5.41, 5.74) is 1.85. The molecule has 0 aliphatic rings. The van der Waals surface area contributed by atoms with Crippen molar-refractivity contribution in [1.82, 2.24) is 9.97 Å². The van der Waals surface area contributed by atoms with Gasteiger partial charge in [0.1, 0.15) is 11.6 Å². The zero-order valence-electron chi connectivity index (χ0n) is 11.8. The van der Waals surface area contributed by atoms with E-state index in [0.29, 0.717) is 11.2 Å². The van der Waals surface area contributed by atoms with Gasteiger partial charge in [-0.05, 0) is 30.3 Å². The number of para-hydroxylation sites is 2. The Balaban J connectivity index is 1.96. The Hall–Kier alpha value is -2.66. The van der Waals surface area contributed by atoms with Crippen molar-refractivity contribution in [3.8, 4) is 16.5 Å². The Morgan fingerprint density at radius 3 is 2.82 bits per heavy atom. The van der Waals surface area contributed by atoms with E-state index < -0.39 is 0 Å². The molecule has 5 heteroatoms. The molecule has 0 saturated heterocycles. The van der Waals surface area contributed by atoms with E-state index in [0.717, 1.165) is 26.4 Å². The molecule has 0 atom stereocenters. The quantitative estimate of drug-likeness (QED) is 0.612. The van der Waals surface area contributed by atoms with Gasteiger partial charge >= 0.3 is 0 Å². The van der Waals surface area contributed by atoms with Gasteiger partial charge in [-0.3, -0.25) is 4.79 Å². The van der Waals surface area contributed by atoms with Gasteiger partial charge in [-0.2, -0.15) is 0 Å². The number of hydrogen-bond acceptors (Lipinski definition) is 4. The second kappa shape index (κ2) is 4.96. The molecule has 4 aromatic rings. The van der Waals surface area contributed by atoms with Gasteiger partial charge in [0.25, 0.3) is 0 Å². The van der Waals surface area contributed by atoms with Crippen LogP contribution in [0.4, 0.5) is 0 Å². The third-order valence-corrected chi connectivity index (χ3v) is 4.65. The number of benzene rings is 2. The minimum absolute atomic E-state index is 0.00754. The smallest absolute Gasteiger partial charge is 0.188 e. The number of fused-ring (bicyclic) bond motifs is 2. The van der Waals surface area contributed by atoms with Crippen molar-refractivity contribution >= 4 is 32.5 Å². The number of rotatable bonds is 2. The molecule has 2 heterocycles. The van der Waals surface area contributed by atoms with Crippen LogP contribution in [0.25, 0.3) is 31.8 Å². The fourth-order valence-corrected chi connectivity index (χ4v) is 3.50. The molecular weight excluding hydrogens is 296 g/mol. The third kappa shape index (κ3) is 2.07. The molecular formula is C17H12N2O2S. The summed E-state index contributed by atoms with van der Waals surface area (Å²) >= 11 is 1.53. The first kappa shape index (κ1) is 13.0. The predicted molar refractivity (Wildman–Crippen MR) is 89.7 cm³/mol. The van der Waals surface area contributed by atoms with Crippen LogP contribution in [0.3, 0.4) is 0 Å². The fourth-order valence-electron chi connectivity index (χ4n) is 2.45. The summed E-state index contributed by atoms with van der Waals surface area (Å²) in [6.07, 6.45) is 0. The van der Waals surface area contributed by atoms with Crippen molar-refractivity contribution in [2.45, 2.75) is 0 Å². The summed E-state index contributed by atoms with van der Waals surface area (Å²) in [6, 6.07) is 14.9. The van der Waals surface area contributed by atoms with Crippen LogP contribution in [0.2, 0.25) is 0 Å². The normalized spacial score (nSPS) is 11.1. The number of hydrogen-bond donors (Lipinski definition) is 1. The highest BCUT2D eigenvalue weighted by Crippen LogP contribution is 2.29. The van der Waals surface area contributed by atoms with Crippen molar-refractivity contribution in [1.29, 1.82) is 0 Å². The molecule has 108 valence electrons. The maximum Gasteiger partial charge on any atom is 0.188 e. The molecule has 22 heavy (non-hydrogen) atoms. The SMILES string of the molecule is COc1ccc2c(=O)cc(-c3nc4ccccc4[nH]3)sc2c1. The first-order valence-electron chi connectivity index (χ1n) is 6.81. The van der Waals surface area contributed by atoms with Gasteiger partial charge in [0.05, 0.1) is 23.0 Å². The van der Waals surface area contributed by atoms with Crippen LogP contribution in [0, 0.1) is 0 Å². The molecule has 0 fully saturated rings. The molecule has 0 radical (unpaired) electrons. The van der Waals surface area contributed by atoms with E-state index in [1.165, 1.54) is 11.3 Å². The number of aromatic amines is 1. The van der Waals surface area contributed by atoms with Crippen LogP contribution in [-0.4, -0.2) is 17.1 Å². The lowest BCUT2D eigenvalue weighted by Gasteiger charge is -2.03. The molecule has 2 aromatic heterocycles. The standard InChI is InChI=1S/C17H12N2O2S/c1-21-10-6-7-11-14(20)9-16(22-15(11)8-10)17-18-12-4-2-3-5-13(12)19-17/h2-9H,1H3,(H,18,19). The number of aromatic nitrogens is 2. The van der Waals surface area contributed by atoms with Gasteiger partial charge in [0, 0.05) is 16.2 Å². The number of nitrogens with one attached hydrogen (secondary N) is 1. The van der Waals surface area contributed by atoms with Crippen LogP contribution in [0.1, 0.15) is 0 Å². The van der Waals surface area contributed by atoms with Crippen LogP contribution in [-0.2, 0) is 0 Å². The van der Waals surface area contributed by atoms with E-state index in [1.807, 2.05) is 30.3 Å². The average Bonchev–Trinajstić information content (AvgIpc) is 2.98. The molecule has 4 rings (SSSR count). The van der Waals surface area contributed by atoms with E-state index in [9.17, 15) is 4.79 Å². The Bertz CT molecular complexity index is 1020. The van der Waals surface area contributed by atoms with Gasteiger partial charge in [0.2, 0.25) is 0 Å². The van der Waals surface area contributed by atoms with Crippen LogP contribution < -0.4 is 10.2 Å². The molecule has 0 aliphatic heterocycles. The average molecular weight is 308 g/mol. The largest absolute Gasteiger partial charge is 0.497 e. The Morgan fingerprint density at radius 1 is 1.14 bits per heavy atom. The maximum absolute atomic E-state index is 12.3. The monoisotopic (exact) mass is 308 g/mol. The lowest BCUT2D eigenvalue weighted by molar-refractivity contribution is 0.415.